The Morgan fingerprint density at radius 2 is 1.64 bits per heavy atom. The third kappa shape index (κ3) is 13.7. The highest BCUT2D eigenvalue weighted by Gasteiger charge is 2.13. The maximum Gasteiger partial charge on any atom is 0.503 e. The molecule has 0 saturated heterocycles. The minimum atomic E-state index is -1.83. The Labute approximate surface area is 82.4 Å². The van der Waals surface area contributed by atoms with Gasteiger partial charge >= 0.3 is 6.16 Å². The standard InChI is InChI=1S/C7H16O3.CH2O3/c1-2-3-4-6(9)7(10)5-8;2-1(3)4/h6-10H,2-5H2,1H3;(H2,2,3,4). The van der Waals surface area contributed by atoms with E-state index in [0.717, 1.165) is 12.8 Å². The molecule has 0 aliphatic carbocycles. The first-order chi connectivity index (χ1) is 6.45. The fourth-order valence-electron chi connectivity index (χ4n) is 0.727. The molecule has 0 aliphatic heterocycles. The van der Waals surface area contributed by atoms with Crippen molar-refractivity contribution in [3.8, 4) is 0 Å². The Bertz CT molecular complexity index is 134. The average molecular weight is 210 g/mol. The molecule has 2 unspecified atom stereocenters. The van der Waals surface area contributed by atoms with Gasteiger partial charge in [-0.25, -0.2) is 4.79 Å². The molecule has 0 bridgehead atoms. The van der Waals surface area contributed by atoms with E-state index in [4.69, 9.17) is 30.3 Å². The molecule has 0 saturated carbocycles. The molecule has 2 atom stereocenters. The highest BCUT2D eigenvalue weighted by molar-refractivity contribution is 5.53. The Balaban J connectivity index is 0. The second-order valence-electron chi connectivity index (χ2n) is 2.74. The van der Waals surface area contributed by atoms with Crippen molar-refractivity contribution in [3.63, 3.8) is 0 Å². The molecule has 0 rings (SSSR count). The van der Waals surface area contributed by atoms with Crippen LogP contribution in [0.5, 0.6) is 0 Å². The van der Waals surface area contributed by atoms with Crippen LogP contribution in [0.2, 0.25) is 0 Å². The van der Waals surface area contributed by atoms with Crippen LogP contribution < -0.4 is 0 Å². The second kappa shape index (κ2) is 10.2. The lowest BCUT2D eigenvalue weighted by Gasteiger charge is -2.14. The topological polar surface area (TPSA) is 118 Å². The third-order valence-corrected chi connectivity index (χ3v) is 1.48. The minimum Gasteiger partial charge on any atom is -0.450 e. The van der Waals surface area contributed by atoms with Crippen LogP contribution in [0.25, 0.3) is 0 Å². The zero-order valence-electron chi connectivity index (χ0n) is 8.13. The fourth-order valence-corrected chi connectivity index (χ4v) is 0.727. The van der Waals surface area contributed by atoms with Crippen molar-refractivity contribution in [1.29, 1.82) is 0 Å². The van der Waals surface area contributed by atoms with E-state index in [2.05, 4.69) is 0 Å². The summed E-state index contributed by atoms with van der Waals surface area (Å²) in [5, 5.41) is 40.2. The molecule has 0 aromatic carbocycles. The zero-order valence-corrected chi connectivity index (χ0v) is 8.13. The molecule has 0 radical (unpaired) electrons. The van der Waals surface area contributed by atoms with E-state index in [1.165, 1.54) is 0 Å². The van der Waals surface area contributed by atoms with E-state index in [9.17, 15) is 0 Å². The fraction of sp³-hybridized carbons (Fsp3) is 0.875. The minimum absolute atomic E-state index is 0.356. The number of hydrogen-bond acceptors (Lipinski definition) is 4. The monoisotopic (exact) mass is 210 g/mol. The molecule has 0 aromatic rings. The van der Waals surface area contributed by atoms with Crippen LogP contribution in [0.1, 0.15) is 26.2 Å². The number of unbranched alkanes of at least 4 members (excludes halogenated alkanes) is 1. The lowest BCUT2D eigenvalue weighted by molar-refractivity contribution is -0.0183. The van der Waals surface area contributed by atoms with Crippen LogP contribution in [-0.2, 0) is 0 Å². The summed E-state index contributed by atoms with van der Waals surface area (Å²) < 4.78 is 0. The largest absolute Gasteiger partial charge is 0.503 e. The first-order valence-corrected chi connectivity index (χ1v) is 4.34. The molecule has 0 amide bonds. The van der Waals surface area contributed by atoms with Gasteiger partial charge in [-0.15, -0.1) is 0 Å². The van der Waals surface area contributed by atoms with E-state index in [1.54, 1.807) is 0 Å². The van der Waals surface area contributed by atoms with Crippen molar-refractivity contribution in [1.82, 2.24) is 0 Å². The summed E-state index contributed by atoms with van der Waals surface area (Å²) in [5.41, 5.74) is 0. The number of carbonyl (C=O) groups is 1. The molecular formula is C8H18O6. The molecule has 0 spiro atoms. The molecule has 0 heterocycles. The molecule has 0 fully saturated rings. The second-order valence-corrected chi connectivity index (χ2v) is 2.74. The molecule has 6 nitrogen and oxygen atoms in total. The van der Waals surface area contributed by atoms with Gasteiger partial charge in [0.2, 0.25) is 0 Å². The van der Waals surface area contributed by atoms with Gasteiger partial charge in [-0.3, -0.25) is 0 Å². The predicted molar refractivity (Wildman–Crippen MR) is 49.3 cm³/mol. The highest BCUT2D eigenvalue weighted by Crippen LogP contribution is 2.03. The predicted octanol–water partition coefficient (Wildman–Crippen LogP) is 0.113. The quantitative estimate of drug-likeness (QED) is 0.439. The van der Waals surface area contributed by atoms with Crippen LogP contribution in [0.15, 0.2) is 0 Å². The first-order valence-electron chi connectivity index (χ1n) is 4.34. The normalized spacial score (nSPS) is 13.7. The first kappa shape index (κ1) is 15.6. The van der Waals surface area contributed by atoms with Crippen molar-refractivity contribution in [2.24, 2.45) is 0 Å². The number of aliphatic hydroxyl groups is 3. The Kier molecular flexibility index (Phi) is 11.4. The Morgan fingerprint density at radius 3 is 1.93 bits per heavy atom. The number of carboxylic acid groups (broad SMARTS) is 2. The highest BCUT2D eigenvalue weighted by atomic mass is 16.6. The van der Waals surface area contributed by atoms with Gasteiger partial charge in [0.25, 0.3) is 0 Å². The Morgan fingerprint density at radius 1 is 1.21 bits per heavy atom. The molecule has 86 valence electrons. The summed E-state index contributed by atoms with van der Waals surface area (Å²) in [4.78, 5) is 8.56. The summed E-state index contributed by atoms with van der Waals surface area (Å²) in [6.07, 6.45) is -1.11. The number of hydrogen-bond donors (Lipinski definition) is 5. The van der Waals surface area contributed by atoms with Gasteiger partial charge in [-0.05, 0) is 6.42 Å². The summed E-state index contributed by atoms with van der Waals surface area (Å²) in [6, 6.07) is 0. The van der Waals surface area contributed by atoms with Crippen LogP contribution in [0, 0.1) is 0 Å². The van der Waals surface area contributed by atoms with Crippen molar-refractivity contribution in [2.45, 2.75) is 38.4 Å². The number of aliphatic hydroxyl groups excluding tert-OH is 3. The van der Waals surface area contributed by atoms with E-state index >= 15 is 0 Å². The van der Waals surface area contributed by atoms with Crippen molar-refractivity contribution in [3.05, 3.63) is 0 Å². The lowest BCUT2D eigenvalue weighted by Crippen LogP contribution is -2.28. The van der Waals surface area contributed by atoms with Crippen LogP contribution >= 0.6 is 0 Å². The SMILES string of the molecule is CCCCC(O)C(O)CO.O=C(O)O. The molecule has 5 N–H and O–H groups in total. The Hall–Kier alpha value is -0.850. The summed E-state index contributed by atoms with van der Waals surface area (Å²) >= 11 is 0. The van der Waals surface area contributed by atoms with Crippen LogP contribution in [-0.4, -0.2) is 50.5 Å². The van der Waals surface area contributed by atoms with Crippen LogP contribution in [0.3, 0.4) is 0 Å². The van der Waals surface area contributed by atoms with E-state index in [-0.39, 0.29) is 6.61 Å². The van der Waals surface area contributed by atoms with Gasteiger partial charge < -0.3 is 25.5 Å². The number of rotatable bonds is 5. The smallest absolute Gasteiger partial charge is 0.450 e. The van der Waals surface area contributed by atoms with Crippen molar-refractivity contribution < 1.29 is 30.3 Å². The van der Waals surface area contributed by atoms with Crippen molar-refractivity contribution in [2.75, 3.05) is 6.61 Å². The third-order valence-electron chi connectivity index (χ3n) is 1.48. The summed E-state index contributed by atoms with van der Waals surface area (Å²) in [7, 11) is 0. The molecule has 0 aromatic heterocycles. The maximum atomic E-state index is 9.04. The van der Waals surface area contributed by atoms with Crippen LogP contribution in [0.4, 0.5) is 4.79 Å². The van der Waals surface area contributed by atoms with Gasteiger partial charge in [0.05, 0.1) is 12.7 Å². The maximum absolute atomic E-state index is 9.04. The van der Waals surface area contributed by atoms with Gasteiger partial charge in [0.1, 0.15) is 6.10 Å². The van der Waals surface area contributed by atoms with E-state index in [1.807, 2.05) is 6.92 Å². The molecule has 0 aliphatic rings. The van der Waals surface area contributed by atoms with E-state index < -0.39 is 18.4 Å². The summed E-state index contributed by atoms with van der Waals surface area (Å²) in [5.74, 6) is 0. The molecule has 14 heavy (non-hydrogen) atoms. The van der Waals surface area contributed by atoms with Gasteiger partial charge in [0.15, 0.2) is 0 Å². The average Bonchev–Trinajstić information content (AvgIpc) is 2.11. The van der Waals surface area contributed by atoms with Gasteiger partial charge in [-0.1, -0.05) is 19.8 Å². The zero-order chi connectivity index (χ0) is 11.6. The molecule has 6 heteroatoms. The van der Waals surface area contributed by atoms with Gasteiger partial charge in [0, 0.05) is 0 Å². The lowest BCUT2D eigenvalue weighted by atomic mass is 10.1. The summed E-state index contributed by atoms with van der Waals surface area (Å²) in [6.45, 7) is 1.66. The molecular weight excluding hydrogens is 192 g/mol. The van der Waals surface area contributed by atoms with Crippen molar-refractivity contribution >= 4 is 6.16 Å². The van der Waals surface area contributed by atoms with E-state index in [0.29, 0.717) is 6.42 Å². The van der Waals surface area contributed by atoms with Gasteiger partial charge in [-0.2, -0.15) is 0 Å².